The molecule has 0 spiro atoms. The lowest BCUT2D eigenvalue weighted by molar-refractivity contribution is -0.121. The molecule has 1 aliphatic rings. The standard InChI is InChI=1S/C22H20F2N6O2/c23-21(24)32-14-10-8-13(9-11-14)18-28-19-15-5-1-2-6-16(15)26-22(30(19)29-18)27-17-7-3-4-12-25-20(17)31/h1-2,5-6,8-11,17,21H,3-4,7,12H2,(H,25,31)(H,26,27)/t17-/m1/s1. The van der Waals surface area contributed by atoms with Crippen LogP contribution in [0.3, 0.4) is 0 Å². The number of nitrogens with zero attached hydrogens (tertiary/aromatic N) is 4. The van der Waals surface area contributed by atoms with Crippen molar-refractivity contribution in [3.8, 4) is 17.1 Å². The van der Waals surface area contributed by atoms with E-state index >= 15 is 0 Å². The number of carbonyl (C=O) groups is 1. The van der Waals surface area contributed by atoms with Crippen LogP contribution >= 0.6 is 0 Å². The number of carbonyl (C=O) groups excluding carboxylic acids is 1. The molecular weight excluding hydrogens is 418 g/mol. The summed E-state index contributed by atoms with van der Waals surface area (Å²) in [7, 11) is 0. The fourth-order valence-electron chi connectivity index (χ4n) is 3.79. The summed E-state index contributed by atoms with van der Waals surface area (Å²) < 4.78 is 30.8. The molecule has 10 heteroatoms. The Morgan fingerprint density at radius 1 is 1.09 bits per heavy atom. The quantitative estimate of drug-likeness (QED) is 0.494. The number of nitrogens with one attached hydrogen (secondary N) is 2. The number of alkyl halides is 2. The highest BCUT2D eigenvalue weighted by Gasteiger charge is 2.23. The summed E-state index contributed by atoms with van der Waals surface area (Å²) in [6, 6.07) is 13.2. The summed E-state index contributed by atoms with van der Waals surface area (Å²) in [5.74, 6) is 0.805. The molecule has 1 saturated heterocycles. The van der Waals surface area contributed by atoms with Gasteiger partial charge in [0.05, 0.1) is 5.52 Å². The van der Waals surface area contributed by atoms with Gasteiger partial charge in [-0.05, 0) is 55.7 Å². The Hall–Kier alpha value is -3.82. The van der Waals surface area contributed by atoms with Crippen molar-refractivity contribution in [3.05, 3.63) is 48.5 Å². The van der Waals surface area contributed by atoms with Gasteiger partial charge in [-0.25, -0.2) is 9.97 Å². The number of hydrogen-bond donors (Lipinski definition) is 2. The van der Waals surface area contributed by atoms with E-state index in [-0.39, 0.29) is 11.7 Å². The molecule has 5 rings (SSSR count). The van der Waals surface area contributed by atoms with Crippen LogP contribution in [-0.4, -0.2) is 44.7 Å². The first-order valence-electron chi connectivity index (χ1n) is 10.3. The Morgan fingerprint density at radius 3 is 2.72 bits per heavy atom. The van der Waals surface area contributed by atoms with Crippen LogP contribution in [0.5, 0.6) is 5.75 Å². The number of benzene rings is 2. The van der Waals surface area contributed by atoms with Gasteiger partial charge in [0, 0.05) is 17.5 Å². The maximum Gasteiger partial charge on any atom is 0.387 e. The third-order valence-electron chi connectivity index (χ3n) is 5.36. The van der Waals surface area contributed by atoms with Gasteiger partial charge in [0.2, 0.25) is 11.9 Å². The maximum absolute atomic E-state index is 12.4. The largest absolute Gasteiger partial charge is 0.435 e. The van der Waals surface area contributed by atoms with Gasteiger partial charge in [0.15, 0.2) is 11.5 Å². The minimum atomic E-state index is -2.89. The molecule has 1 amide bonds. The molecule has 164 valence electrons. The van der Waals surface area contributed by atoms with E-state index in [1.165, 1.54) is 12.1 Å². The average molecular weight is 438 g/mol. The smallest absolute Gasteiger partial charge is 0.387 e. The summed E-state index contributed by atoms with van der Waals surface area (Å²) in [5, 5.41) is 11.5. The van der Waals surface area contributed by atoms with Crippen molar-refractivity contribution in [2.45, 2.75) is 31.9 Å². The summed E-state index contributed by atoms with van der Waals surface area (Å²) in [6.07, 6.45) is 2.54. The number of rotatable bonds is 5. The van der Waals surface area contributed by atoms with Crippen LogP contribution in [0.4, 0.5) is 14.7 Å². The number of ether oxygens (including phenoxy) is 1. The maximum atomic E-state index is 12.4. The Morgan fingerprint density at radius 2 is 1.91 bits per heavy atom. The van der Waals surface area contributed by atoms with Gasteiger partial charge in [-0.15, -0.1) is 5.10 Å². The molecule has 1 atom stereocenters. The van der Waals surface area contributed by atoms with Crippen molar-refractivity contribution >= 4 is 28.4 Å². The normalized spacial score (nSPS) is 16.8. The van der Waals surface area contributed by atoms with Crippen LogP contribution in [0.15, 0.2) is 48.5 Å². The van der Waals surface area contributed by atoms with Crippen LogP contribution in [0.25, 0.3) is 27.9 Å². The van der Waals surface area contributed by atoms with Gasteiger partial charge < -0.3 is 15.4 Å². The van der Waals surface area contributed by atoms with Gasteiger partial charge in [0.1, 0.15) is 11.8 Å². The fourth-order valence-corrected chi connectivity index (χ4v) is 3.79. The number of halogens is 2. The summed E-state index contributed by atoms with van der Waals surface area (Å²) in [4.78, 5) is 21.8. The van der Waals surface area contributed by atoms with E-state index in [9.17, 15) is 13.6 Å². The second-order valence-corrected chi connectivity index (χ2v) is 7.51. The minimum absolute atomic E-state index is 0.0568. The zero-order valence-electron chi connectivity index (χ0n) is 17.0. The Labute approximate surface area is 181 Å². The Bertz CT molecular complexity index is 1270. The molecule has 2 N–H and O–H groups in total. The molecule has 0 radical (unpaired) electrons. The topological polar surface area (TPSA) is 93.4 Å². The molecule has 0 aliphatic carbocycles. The molecule has 32 heavy (non-hydrogen) atoms. The van der Waals surface area contributed by atoms with Crippen molar-refractivity contribution in [1.29, 1.82) is 0 Å². The highest BCUT2D eigenvalue weighted by atomic mass is 19.3. The molecule has 1 fully saturated rings. The molecule has 8 nitrogen and oxygen atoms in total. The molecule has 3 heterocycles. The van der Waals surface area contributed by atoms with E-state index < -0.39 is 12.7 Å². The van der Waals surface area contributed by atoms with Crippen molar-refractivity contribution in [2.75, 3.05) is 11.9 Å². The molecule has 0 saturated carbocycles. The van der Waals surface area contributed by atoms with Gasteiger partial charge in [0.25, 0.3) is 0 Å². The first-order chi connectivity index (χ1) is 15.6. The first-order valence-corrected chi connectivity index (χ1v) is 10.3. The predicted molar refractivity (Wildman–Crippen MR) is 115 cm³/mol. The predicted octanol–water partition coefficient (Wildman–Crippen LogP) is 3.63. The number of amides is 1. The van der Waals surface area contributed by atoms with Crippen LogP contribution in [0.2, 0.25) is 0 Å². The van der Waals surface area contributed by atoms with Crippen LogP contribution < -0.4 is 15.4 Å². The fraction of sp³-hybridized carbons (Fsp3) is 0.273. The van der Waals surface area contributed by atoms with Crippen molar-refractivity contribution in [1.82, 2.24) is 24.9 Å². The number of hydrogen-bond acceptors (Lipinski definition) is 6. The lowest BCUT2D eigenvalue weighted by Crippen LogP contribution is -2.38. The molecule has 0 bridgehead atoms. The van der Waals surface area contributed by atoms with Crippen LogP contribution in [0, 0.1) is 0 Å². The molecule has 2 aromatic heterocycles. The highest BCUT2D eigenvalue weighted by Crippen LogP contribution is 2.26. The van der Waals surface area contributed by atoms with E-state index in [4.69, 9.17) is 0 Å². The van der Waals surface area contributed by atoms with E-state index in [0.29, 0.717) is 35.9 Å². The minimum Gasteiger partial charge on any atom is -0.435 e. The van der Waals surface area contributed by atoms with E-state index in [2.05, 4.69) is 30.4 Å². The lowest BCUT2D eigenvalue weighted by atomic mass is 10.1. The zero-order valence-corrected chi connectivity index (χ0v) is 17.0. The van der Waals surface area contributed by atoms with E-state index in [1.54, 1.807) is 16.6 Å². The monoisotopic (exact) mass is 438 g/mol. The first kappa shape index (κ1) is 20.1. The van der Waals surface area contributed by atoms with Crippen LogP contribution in [0.1, 0.15) is 19.3 Å². The molecule has 0 unspecified atom stereocenters. The van der Waals surface area contributed by atoms with Crippen LogP contribution in [-0.2, 0) is 4.79 Å². The third-order valence-corrected chi connectivity index (χ3v) is 5.36. The van der Waals surface area contributed by atoms with Gasteiger partial charge in [-0.1, -0.05) is 12.1 Å². The molecule has 4 aromatic rings. The Kier molecular flexibility index (Phi) is 5.26. The average Bonchev–Trinajstić information content (AvgIpc) is 3.14. The van der Waals surface area contributed by atoms with Crippen molar-refractivity contribution in [2.24, 2.45) is 0 Å². The number of fused-ring (bicyclic) bond motifs is 3. The zero-order chi connectivity index (χ0) is 22.1. The molecule has 2 aromatic carbocycles. The van der Waals surface area contributed by atoms with Crippen molar-refractivity contribution < 1.29 is 18.3 Å². The Balaban J connectivity index is 1.58. The summed E-state index contributed by atoms with van der Waals surface area (Å²) in [5.41, 5.74) is 1.93. The van der Waals surface area contributed by atoms with Crippen molar-refractivity contribution in [3.63, 3.8) is 0 Å². The SMILES string of the molecule is O=C1NCCCC[C@H]1Nc1nc2ccccc2c2nc(-c3ccc(OC(F)F)cc3)nn12. The number of para-hydroxylation sites is 1. The van der Waals surface area contributed by atoms with Gasteiger partial charge in [-0.2, -0.15) is 13.3 Å². The summed E-state index contributed by atoms with van der Waals surface area (Å²) >= 11 is 0. The molecular formula is C22H20F2N6O2. The summed E-state index contributed by atoms with van der Waals surface area (Å²) in [6.45, 7) is -2.22. The lowest BCUT2D eigenvalue weighted by Gasteiger charge is -2.16. The second kappa shape index (κ2) is 8.37. The highest BCUT2D eigenvalue weighted by molar-refractivity contribution is 5.93. The van der Waals surface area contributed by atoms with E-state index in [0.717, 1.165) is 23.7 Å². The van der Waals surface area contributed by atoms with Gasteiger partial charge in [-0.3, -0.25) is 4.79 Å². The van der Waals surface area contributed by atoms with Gasteiger partial charge >= 0.3 is 6.61 Å². The molecule has 1 aliphatic heterocycles. The number of aromatic nitrogens is 4. The third kappa shape index (κ3) is 3.91. The number of anilines is 1. The second-order valence-electron chi connectivity index (χ2n) is 7.51. The van der Waals surface area contributed by atoms with E-state index in [1.807, 2.05) is 24.3 Å².